The molecule has 0 saturated carbocycles. The van der Waals surface area contributed by atoms with E-state index in [4.69, 9.17) is 9.73 Å². The molecule has 0 aliphatic carbocycles. The first kappa shape index (κ1) is 28.4. The van der Waals surface area contributed by atoms with E-state index in [9.17, 15) is 14.0 Å². The van der Waals surface area contributed by atoms with E-state index in [2.05, 4.69) is 55.9 Å². The van der Waals surface area contributed by atoms with E-state index in [1.54, 1.807) is 25.7 Å². The van der Waals surface area contributed by atoms with Crippen LogP contribution in [0.25, 0.3) is 0 Å². The Morgan fingerprint density at radius 2 is 2.00 bits per heavy atom. The van der Waals surface area contributed by atoms with E-state index < -0.39 is 11.7 Å². The van der Waals surface area contributed by atoms with Gasteiger partial charge in [0.15, 0.2) is 0 Å². The number of piperazine rings is 1. The summed E-state index contributed by atoms with van der Waals surface area (Å²) in [4.78, 5) is 35.4. The summed E-state index contributed by atoms with van der Waals surface area (Å²) >= 11 is 2.16. The van der Waals surface area contributed by atoms with Gasteiger partial charge in [-0.1, -0.05) is 46.9 Å². The van der Waals surface area contributed by atoms with Crippen LogP contribution in [0.15, 0.2) is 41.2 Å². The van der Waals surface area contributed by atoms with Gasteiger partial charge in [0, 0.05) is 51.4 Å². The number of carbonyl (C=O) groups is 2. The lowest BCUT2D eigenvalue weighted by atomic mass is 9.94. The highest BCUT2D eigenvalue weighted by atomic mass is 127. The van der Waals surface area contributed by atoms with Crippen LogP contribution < -0.4 is 5.32 Å². The van der Waals surface area contributed by atoms with E-state index in [0.29, 0.717) is 17.6 Å². The third-order valence-corrected chi connectivity index (χ3v) is 6.89. The number of aliphatic imine (C=N–C) groups is 1. The lowest BCUT2D eigenvalue weighted by Crippen LogP contribution is -2.46. The standard InChI is InChI=1S/C26H37FIN5O3/c1-26(2,3)36-25(35)30-17-24(34)33(19-28)18-20-5-4-6-21(15-20)22-7-8-23(29-16-22)32-13-11-31(10-9-27)12-14-32/h4-6,8,15-16,22H,7,9-14,17-19H2,1-3H3,(H,30,35). The second-order valence-corrected chi connectivity index (χ2v) is 10.7. The summed E-state index contributed by atoms with van der Waals surface area (Å²) in [5.74, 6) is 1.01. The highest BCUT2D eigenvalue weighted by Crippen LogP contribution is 2.26. The van der Waals surface area contributed by atoms with Gasteiger partial charge in [-0.15, -0.1) is 0 Å². The molecule has 1 fully saturated rings. The number of hydrogen-bond acceptors (Lipinski definition) is 6. The summed E-state index contributed by atoms with van der Waals surface area (Å²) in [6.07, 6.45) is 4.46. The fraction of sp³-hybridized carbons (Fsp3) is 0.577. The first-order chi connectivity index (χ1) is 17.2. The van der Waals surface area contributed by atoms with Crippen LogP contribution in [-0.2, 0) is 16.1 Å². The third-order valence-electron chi connectivity index (χ3n) is 6.07. The van der Waals surface area contributed by atoms with Crippen LogP contribution in [-0.4, -0.2) is 89.0 Å². The van der Waals surface area contributed by atoms with Crippen LogP contribution in [0.4, 0.5) is 9.18 Å². The van der Waals surface area contributed by atoms with Crippen molar-refractivity contribution < 1.29 is 18.7 Å². The second kappa shape index (κ2) is 13.4. The molecule has 10 heteroatoms. The fourth-order valence-corrected chi connectivity index (χ4v) is 4.80. The average molecular weight is 614 g/mol. The Kier molecular flexibility index (Phi) is 10.5. The minimum absolute atomic E-state index is 0.109. The molecule has 2 amide bonds. The molecular weight excluding hydrogens is 576 g/mol. The molecule has 0 radical (unpaired) electrons. The SMILES string of the molecule is CC(C)(C)OC(=O)NCC(=O)N(CI)Cc1cccc(C2C=NC(N3CCN(CCF)CC3)=CC2)c1. The van der Waals surface area contributed by atoms with Gasteiger partial charge in [-0.05, 0) is 44.4 Å². The Hall–Kier alpha value is -2.21. The summed E-state index contributed by atoms with van der Waals surface area (Å²) in [5, 5.41) is 2.54. The molecule has 2 aliphatic heterocycles. The second-order valence-electron chi connectivity index (χ2n) is 10.0. The number of hydrogen-bond donors (Lipinski definition) is 1. The molecule has 8 nitrogen and oxygen atoms in total. The van der Waals surface area contributed by atoms with E-state index >= 15 is 0 Å². The molecule has 0 bridgehead atoms. The lowest BCUT2D eigenvalue weighted by molar-refractivity contribution is -0.129. The Bertz CT molecular complexity index is 957. The number of halogens is 2. The van der Waals surface area contributed by atoms with Gasteiger partial charge in [-0.25, -0.2) is 14.2 Å². The maximum Gasteiger partial charge on any atom is 0.408 e. The number of nitrogens with zero attached hydrogens (tertiary/aromatic N) is 4. The molecule has 1 saturated heterocycles. The van der Waals surface area contributed by atoms with Gasteiger partial charge in [0.05, 0.1) is 4.55 Å². The number of amides is 2. The van der Waals surface area contributed by atoms with Crippen LogP contribution in [0.3, 0.4) is 0 Å². The summed E-state index contributed by atoms with van der Waals surface area (Å²) < 4.78 is 18.3. The highest BCUT2D eigenvalue weighted by molar-refractivity contribution is 14.1. The zero-order valence-corrected chi connectivity index (χ0v) is 23.5. The first-order valence-electron chi connectivity index (χ1n) is 12.4. The minimum Gasteiger partial charge on any atom is -0.444 e. The van der Waals surface area contributed by atoms with Crippen molar-refractivity contribution in [2.75, 3.05) is 50.5 Å². The minimum atomic E-state index is -0.611. The average Bonchev–Trinajstić information content (AvgIpc) is 2.86. The predicted octanol–water partition coefficient (Wildman–Crippen LogP) is 3.92. The zero-order chi connectivity index (χ0) is 26.1. The lowest BCUT2D eigenvalue weighted by Gasteiger charge is -2.36. The van der Waals surface area contributed by atoms with Crippen molar-refractivity contribution in [2.45, 2.75) is 45.3 Å². The molecule has 1 aromatic rings. The highest BCUT2D eigenvalue weighted by Gasteiger charge is 2.22. The molecule has 0 spiro atoms. The van der Waals surface area contributed by atoms with E-state index in [1.807, 2.05) is 18.3 Å². The Balaban J connectivity index is 1.52. The summed E-state index contributed by atoms with van der Waals surface area (Å²) in [5.41, 5.74) is 1.58. The number of nitrogens with one attached hydrogen (secondary N) is 1. The molecular formula is C26H37FIN5O3. The maximum atomic E-state index is 12.7. The van der Waals surface area contributed by atoms with Crippen molar-refractivity contribution in [1.82, 2.24) is 20.0 Å². The molecule has 0 aromatic heterocycles. The molecule has 3 rings (SSSR count). The first-order valence-corrected chi connectivity index (χ1v) is 13.9. The van der Waals surface area contributed by atoms with Gasteiger partial charge in [0.2, 0.25) is 5.91 Å². The zero-order valence-electron chi connectivity index (χ0n) is 21.4. The van der Waals surface area contributed by atoms with Crippen molar-refractivity contribution in [3.63, 3.8) is 0 Å². The number of ether oxygens (including phenoxy) is 1. The number of alkyl carbamates (subject to hydrolysis) is 1. The molecule has 1 aromatic carbocycles. The Morgan fingerprint density at radius 3 is 2.61 bits per heavy atom. The van der Waals surface area contributed by atoms with Crippen molar-refractivity contribution in [3.05, 3.63) is 47.3 Å². The molecule has 1 atom stereocenters. The van der Waals surface area contributed by atoms with Crippen molar-refractivity contribution in [2.24, 2.45) is 4.99 Å². The van der Waals surface area contributed by atoms with Crippen molar-refractivity contribution >= 4 is 40.8 Å². The largest absolute Gasteiger partial charge is 0.444 e. The quantitative estimate of drug-likeness (QED) is 0.260. The van der Waals surface area contributed by atoms with Gasteiger partial charge in [-0.2, -0.15) is 0 Å². The number of rotatable bonds is 9. The Morgan fingerprint density at radius 1 is 1.25 bits per heavy atom. The number of alkyl halides is 2. The third kappa shape index (κ3) is 8.72. The predicted molar refractivity (Wildman–Crippen MR) is 148 cm³/mol. The molecule has 198 valence electrons. The van der Waals surface area contributed by atoms with Crippen LogP contribution in [0.1, 0.15) is 44.2 Å². The van der Waals surface area contributed by atoms with E-state index in [0.717, 1.165) is 49.5 Å². The molecule has 36 heavy (non-hydrogen) atoms. The number of allylic oxidation sites excluding steroid dienone is 1. The Labute approximate surface area is 227 Å². The summed E-state index contributed by atoms with van der Waals surface area (Å²) in [6, 6.07) is 8.24. The fourth-order valence-electron chi connectivity index (χ4n) is 4.18. The topological polar surface area (TPSA) is 77.5 Å². The maximum absolute atomic E-state index is 12.7. The van der Waals surface area contributed by atoms with Gasteiger partial charge < -0.3 is 19.9 Å². The van der Waals surface area contributed by atoms with Crippen molar-refractivity contribution in [1.29, 1.82) is 0 Å². The normalized spacial score (nSPS) is 18.5. The van der Waals surface area contributed by atoms with Crippen LogP contribution in [0.2, 0.25) is 0 Å². The van der Waals surface area contributed by atoms with Crippen molar-refractivity contribution in [3.8, 4) is 0 Å². The van der Waals surface area contributed by atoms with Crippen LogP contribution in [0, 0.1) is 0 Å². The monoisotopic (exact) mass is 613 g/mol. The smallest absolute Gasteiger partial charge is 0.408 e. The number of benzene rings is 1. The van der Waals surface area contributed by atoms with Gasteiger partial charge >= 0.3 is 6.09 Å². The van der Waals surface area contributed by atoms with Gasteiger partial charge in [0.1, 0.15) is 24.6 Å². The van der Waals surface area contributed by atoms with Crippen LogP contribution in [0.5, 0.6) is 0 Å². The molecule has 1 N–H and O–H groups in total. The number of carbonyl (C=O) groups excluding carboxylic acids is 2. The van der Waals surface area contributed by atoms with Gasteiger partial charge in [0.25, 0.3) is 0 Å². The molecule has 2 aliphatic rings. The summed E-state index contributed by atoms with van der Waals surface area (Å²) in [7, 11) is 0. The molecule has 2 heterocycles. The molecule has 1 unspecified atom stereocenters. The van der Waals surface area contributed by atoms with E-state index in [1.165, 1.54) is 0 Å². The van der Waals surface area contributed by atoms with Crippen LogP contribution >= 0.6 is 22.6 Å². The summed E-state index contributed by atoms with van der Waals surface area (Å²) in [6.45, 7) is 9.36. The van der Waals surface area contributed by atoms with Gasteiger partial charge in [-0.3, -0.25) is 9.69 Å². The van der Waals surface area contributed by atoms with E-state index in [-0.39, 0.29) is 25.0 Å².